The second kappa shape index (κ2) is 7.69. The van der Waals surface area contributed by atoms with E-state index in [-0.39, 0.29) is 11.3 Å². The number of hydrogen-bond donors (Lipinski definition) is 1. The normalized spacial score (nSPS) is 13.7. The van der Waals surface area contributed by atoms with Crippen LogP contribution in [0.25, 0.3) is 0 Å². The minimum Gasteiger partial charge on any atom is -0.743 e. The number of phenolic OH excluding ortho intramolecular Hbond substituents is 1. The van der Waals surface area contributed by atoms with E-state index in [9.17, 15) is 36.0 Å². The molecule has 1 aromatic carbocycles. The van der Waals surface area contributed by atoms with Gasteiger partial charge in [-0.3, -0.25) is 0 Å². The predicted molar refractivity (Wildman–Crippen MR) is 88.0 cm³/mol. The zero-order valence-electron chi connectivity index (χ0n) is 10.9. The molecule has 130 valence electrons. The van der Waals surface area contributed by atoms with Crippen LogP contribution in [0.3, 0.4) is 0 Å². The van der Waals surface area contributed by atoms with Crippen molar-refractivity contribution < 1.29 is 40.8 Å². The van der Waals surface area contributed by atoms with E-state index in [1.54, 1.807) is 28.7 Å². The standard InChI is InChI=1S/C11H9F3I2O6S/c12-8(11(13,14)23(19,20)21)1-2-22-10(18)6-3-5(15)4-7(16)9(6)17/h3-4,8,17H,1-2H2,(H,19,20,21)/p-1. The zero-order valence-corrected chi connectivity index (χ0v) is 16.1. The molecule has 1 rings (SSSR count). The molecule has 1 atom stereocenters. The Kier molecular flexibility index (Phi) is 6.92. The fraction of sp³-hybridized carbons (Fsp3) is 0.364. The highest BCUT2D eigenvalue weighted by Gasteiger charge is 2.47. The number of aromatic hydroxyl groups is 1. The van der Waals surface area contributed by atoms with Crippen molar-refractivity contribution in [3.63, 3.8) is 0 Å². The van der Waals surface area contributed by atoms with E-state index in [1.165, 1.54) is 6.07 Å². The molecule has 23 heavy (non-hydrogen) atoms. The Balaban J connectivity index is 2.72. The van der Waals surface area contributed by atoms with Crippen LogP contribution >= 0.6 is 45.2 Å². The van der Waals surface area contributed by atoms with Crippen LogP contribution in [0.5, 0.6) is 5.75 Å². The number of ether oxygens (including phenoxy) is 1. The molecule has 0 saturated heterocycles. The highest BCUT2D eigenvalue weighted by atomic mass is 127. The van der Waals surface area contributed by atoms with Crippen molar-refractivity contribution in [2.45, 2.75) is 17.8 Å². The smallest absolute Gasteiger partial charge is 0.364 e. The first-order chi connectivity index (χ1) is 10.4. The Morgan fingerprint density at radius 2 is 1.96 bits per heavy atom. The van der Waals surface area contributed by atoms with Gasteiger partial charge in [-0.2, -0.15) is 8.78 Å². The molecule has 0 amide bonds. The summed E-state index contributed by atoms with van der Waals surface area (Å²) in [6.45, 7) is -0.896. The molecule has 12 heteroatoms. The predicted octanol–water partition coefficient (Wildman–Crippen LogP) is 2.62. The first-order valence-electron chi connectivity index (χ1n) is 5.70. The number of halogens is 5. The van der Waals surface area contributed by atoms with E-state index >= 15 is 0 Å². The molecule has 0 aliphatic carbocycles. The topological polar surface area (TPSA) is 104 Å². The van der Waals surface area contributed by atoms with Gasteiger partial charge in [0.2, 0.25) is 0 Å². The first kappa shape index (κ1) is 20.7. The average Bonchev–Trinajstić information content (AvgIpc) is 2.41. The number of esters is 1. The third-order valence-corrected chi connectivity index (χ3v) is 4.92. The average molecular weight is 579 g/mol. The van der Waals surface area contributed by atoms with Crippen LogP contribution in [0.1, 0.15) is 16.8 Å². The van der Waals surface area contributed by atoms with Crippen molar-refractivity contribution in [1.29, 1.82) is 0 Å². The molecule has 0 aromatic heterocycles. The molecule has 1 aromatic rings. The van der Waals surface area contributed by atoms with E-state index in [2.05, 4.69) is 4.74 Å². The highest BCUT2D eigenvalue weighted by molar-refractivity contribution is 14.1. The maximum Gasteiger partial charge on any atom is 0.364 e. The number of rotatable bonds is 6. The highest BCUT2D eigenvalue weighted by Crippen LogP contribution is 2.30. The van der Waals surface area contributed by atoms with Crippen LogP contribution in [0, 0.1) is 7.14 Å². The summed E-state index contributed by atoms with van der Waals surface area (Å²) >= 11 is 3.62. The SMILES string of the molecule is O=C(OCCC(F)C(F)(F)S(=O)(=O)[O-])c1cc(I)cc(I)c1O. The van der Waals surface area contributed by atoms with Crippen molar-refractivity contribution in [2.75, 3.05) is 6.61 Å². The maximum absolute atomic E-state index is 13.2. The third-order valence-electron chi connectivity index (χ3n) is 2.55. The van der Waals surface area contributed by atoms with Gasteiger partial charge in [0.1, 0.15) is 11.3 Å². The fourth-order valence-corrected chi connectivity index (χ4v) is 3.65. The van der Waals surface area contributed by atoms with E-state index in [0.29, 0.717) is 7.14 Å². The minimum absolute atomic E-state index is 0.250. The lowest BCUT2D eigenvalue weighted by Gasteiger charge is -2.23. The molecular formula is C11H8F3I2O6S-. The number of carbonyl (C=O) groups is 1. The van der Waals surface area contributed by atoms with Crippen LogP contribution in [0.4, 0.5) is 13.2 Å². The molecule has 1 unspecified atom stereocenters. The Morgan fingerprint density at radius 1 is 1.39 bits per heavy atom. The van der Waals surface area contributed by atoms with Gasteiger partial charge in [-0.15, -0.1) is 0 Å². The van der Waals surface area contributed by atoms with Crippen LogP contribution in [0.15, 0.2) is 12.1 Å². The van der Waals surface area contributed by atoms with Crippen LogP contribution in [-0.2, 0) is 14.9 Å². The maximum atomic E-state index is 13.2. The quantitative estimate of drug-likeness (QED) is 0.316. The van der Waals surface area contributed by atoms with E-state index < -0.39 is 40.5 Å². The Morgan fingerprint density at radius 3 is 2.48 bits per heavy atom. The van der Waals surface area contributed by atoms with Gasteiger partial charge in [-0.05, 0) is 57.3 Å². The lowest BCUT2D eigenvalue weighted by molar-refractivity contribution is -0.0169. The molecule has 0 saturated carbocycles. The van der Waals surface area contributed by atoms with Gasteiger partial charge in [0, 0.05) is 9.99 Å². The Hall–Kier alpha value is -0.350. The summed E-state index contributed by atoms with van der Waals surface area (Å²) in [5.74, 6) is -1.49. The fourth-order valence-electron chi connectivity index (χ4n) is 1.38. The summed E-state index contributed by atoms with van der Waals surface area (Å²) in [6.07, 6.45) is -4.51. The van der Waals surface area contributed by atoms with Gasteiger partial charge >= 0.3 is 11.2 Å². The molecule has 0 bridgehead atoms. The number of phenols is 1. The number of alkyl halides is 3. The minimum atomic E-state index is -6.16. The molecule has 0 aliphatic heterocycles. The van der Waals surface area contributed by atoms with Gasteiger partial charge in [-0.1, -0.05) is 0 Å². The van der Waals surface area contributed by atoms with Gasteiger partial charge in [0.15, 0.2) is 16.3 Å². The summed E-state index contributed by atoms with van der Waals surface area (Å²) in [5.41, 5.74) is -0.250. The van der Waals surface area contributed by atoms with Crippen molar-refractivity contribution >= 4 is 61.3 Å². The summed E-state index contributed by atoms with van der Waals surface area (Å²) in [4.78, 5) is 11.7. The zero-order chi connectivity index (χ0) is 18.0. The Labute approximate surface area is 156 Å². The van der Waals surface area contributed by atoms with Crippen molar-refractivity contribution in [2.24, 2.45) is 0 Å². The first-order valence-corrected chi connectivity index (χ1v) is 9.27. The second-order valence-electron chi connectivity index (χ2n) is 4.19. The molecule has 0 radical (unpaired) electrons. The summed E-state index contributed by atoms with van der Waals surface area (Å²) in [5, 5.41) is 4.60. The molecule has 0 aliphatic rings. The lowest BCUT2D eigenvalue weighted by Crippen LogP contribution is -2.39. The molecule has 1 N–H and O–H groups in total. The van der Waals surface area contributed by atoms with Crippen LogP contribution in [0.2, 0.25) is 0 Å². The van der Waals surface area contributed by atoms with E-state index in [1.807, 2.05) is 22.6 Å². The number of carbonyl (C=O) groups excluding carboxylic acids is 1. The molecule has 0 heterocycles. The van der Waals surface area contributed by atoms with Gasteiger partial charge < -0.3 is 14.4 Å². The molecule has 0 spiro atoms. The molecule has 0 fully saturated rings. The summed E-state index contributed by atoms with van der Waals surface area (Å²) in [6, 6.07) is 2.83. The lowest BCUT2D eigenvalue weighted by atomic mass is 10.2. The number of hydrogen-bond acceptors (Lipinski definition) is 6. The van der Waals surface area contributed by atoms with Gasteiger partial charge in [-0.25, -0.2) is 17.6 Å². The van der Waals surface area contributed by atoms with Crippen molar-refractivity contribution in [3.8, 4) is 5.75 Å². The summed E-state index contributed by atoms with van der Waals surface area (Å²) < 4.78 is 75.1. The second-order valence-corrected chi connectivity index (χ2v) is 8.05. The van der Waals surface area contributed by atoms with E-state index in [0.717, 1.165) is 0 Å². The van der Waals surface area contributed by atoms with Crippen molar-refractivity contribution in [1.82, 2.24) is 0 Å². The van der Waals surface area contributed by atoms with Crippen LogP contribution < -0.4 is 0 Å². The third kappa shape index (κ3) is 5.06. The van der Waals surface area contributed by atoms with E-state index in [4.69, 9.17) is 0 Å². The van der Waals surface area contributed by atoms with Crippen molar-refractivity contribution in [3.05, 3.63) is 24.8 Å². The number of benzene rings is 1. The monoisotopic (exact) mass is 579 g/mol. The molecule has 6 nitrogen and oxygen atoms in total. The van der Waals surface area contributed by atoms with Gasteiger partial charge in [0.25, 0.3) is 0 Å². The largest absolute Gasteiger partial charge is 0.743 e. The van der Waals surface area contributed by atoms with Gasteiger partial charge in [0.05, 0.1) is 10.2 Å². The Bertz CT molecular complexity index is 710. The van der Waals surface area contributed by atoms with Crippen LogP contribution in [-0.4, -0.2) is 42.1 Å². The summed E-state index contributed by atoms with van der Waals surface area (Å²) in [7, 11) is -6.16. The molecular weight excluding hydrogens is 571 g/mol.